The first kappa shape index (κ1) is 13.5. The molecule has 4 nitrogen and oxygen atoms in total. The van der Waals surface area contributed by atoms with Crippen molar-refractivity contribution in [3.63, 3.8) is 0 Å². The largest absolute Gasteiger partial charge is 0.490 e. The highest BCUT2D eigenvalue weighted by Crippen LogP contribution is 2.09. The summed E-state index contributed by atoms with van der Waals surface area (Å²) < 4.78 is 10.8. The third kappa shape index (κ3) is 5.91. The van der Waals surface area contributed by atoms with E-state index in [4.69, 9.17) is 15.2 Å². The van der Waals surface area contributed by atoms with E-state index in [0.29, 0.717) is 25.5 Å². The Kier molecular flexibility index (Phi) is 6.80. The van der Waals surface area contributed by atoms with Gasteiger partial charge >= 0.3 is 0 Å². The molecule has 0 radical (unpaired) electrons. The quantitative estimate of drug-likeness (QED) is 0.593. The molecule has 92 valence electrons. The third-order valence-electron chi connectivity index (χ3n) is 1.89. The number of aromatic nitrogens is 1. The van der Waals surface area contributed by atoms with Crippen molar-refractivity contribution in [1.82, 2.24) is 4.98 Å². The highest BCUT2D eigenvalue weighted by Gasteiger charge is 1.95. The molecule has 0 bridgehead atoms. The van der Waals surface area contributed by atoms with E-state index < -0.39 is 0 Å². The molecule has 1 rings (SSSR count). The summed E-state index contributed by atoms with van der Waals surface area (Å²) in [5, 5.41) is 0. The average Bonchev–Trinajstić information content (AvgIpc) is 2.37. The fourth-order valence-electron chi connectivity index (χ4n) is 1.18. The molecule has 0 saturated carbocycles. The highest BCUT2D eigenvalue weighted by atomic mass is 16.5. The van der Waals surface area contributed by atoms with Gasteiger partial charge in [-0.3, -0.25) is 4.98 Å². The zero-order valence-electron chi connectivity index (χ0n) is 10.1. The minimum atomic E-state index is 0.343. The Morgan fingerprint density at radius 1 is 1.29 bits per heavy atom. The molecule has 17 heavy (non-hydrogen) atoms. The van der Waals surface area contributed by atoms with Crippen molar-refractivity contribution in [2.24, 2.45) is 5.73 Å². The standard InChI is InChI=1S/C13H18N2O2/c1-2-6-16-7-8-17-13-9-12(4-3-5-14)10-15-11-13/h9-11H,2,5-8,14H2,1H3. The lowest BCUT2D eigenvalue weighted by atomic mass is 10.3. The summed E-state index contributed by atoms with van der Waals surface area (Å²) in [4.78, 5) is 4.04. The number of hydrogen-bond donors (Lipinski definition) is 1. The van der Waals surface area contributed by atoms with Crippen LogP contribution in [-0.4, -0.2) is 31.3 Å². The van der Waals surface area contributed by atoms with Gasteiger partial charge in [-0.1, -0.05) is 18.8 Å². The van der Waals surface area contributed by atoms with Crippen LogP contribution in [0.3, 0.4) is 0 Å². The molecule has 0 aliphatic heterocycles. The maximum atomic E-state index is 5.49. The molecule has 2 N–H and O–H groups in total. The second kappa shape index (κ2) is 8.57. The summed E-state index contributed by atoms with van der Waals surface area (Å²) in [6.07, 6.45) is 4.36. The molecule has 0 atom stereocenters. The summed E-state index contributed by atoms with van der Waals surface area (Å²) in [7, 11) is 0. The molecule has 1 aromatic rings. The molecular formula is C13H18N2O2. The minimum absolute atomic E-state index is 0.343. The second-order valence-electron chi connectivity index (χ2n) is 3.38. The van der Waals surface area contributed by atoms with Gasteiger partial charge < -0.3 is 15.2 Å². The van der Waals surface area contributed by atoms with Crippen LogP contribution < -0.4 is 10.5 Å². The molecule has 0 aromatic carbocycles. The number of rotatable bonds is 6. The summed E-state index contributed by atoms with van der Waals surface area (Å²) >= 11 is 0. The van der Waals surface area contributed by atoms with Crippen LogP contribution in [0.1, 0.15) is 18.9 Å². The Morgan fingerprint density at radius 2 is 2.18 bits per heavy atom. The van der Waals surface area contributed by atoms with Gasteiger partial charge in [0, 0.05) is 18.4 Å². The smallest absolute Gasteiger partial charge is 0.138 e. The zero-order valence-corrected chi connectivity index (χ0v) is 10.1. The van der Waals surface area contributed by atoms with E-state index in [0.717, 1.165) is 18.6 Å². The summed E-state index contributed by atoms with van der Waals surface area (Å²) in [6, 6.07) is 1.84. The van der Waals surface area contributed by atoms with Gasteiger partial charge in [-0.25, -0.2) is 0 Å². The van der Waals surface area contributed by atoms with Crippen LogP contribution in [0.5, 0.6) is 5.75 Å². The minimum Gasteiger partial charge on any atom is -0.490 e. The Hall–Kier alpha value is -1.57. The molecule has 0 saturated heterocycles. The van der Waals surface area contributed by atoms with Crippen LogP contribution in [0.25, 0.3) is 0 Å². The predicted molar refractivity (Wildman–Crippen MR) is 66.8 cm³/mol. The van der Waals surface area contributed by atoms with E-state index in [1.54, 1.807) is 12.4 Å². The van der Waals surface area contributed by atoms with E-state index >= 15 is 0 Å². The average molecular weight is 234 g/mol. The normalized spacial score (nSPS) is 9.53. The molecule has 1 heterocycles. The van der Waals surface area contributed by atoms with Crippen LogP contribution in [-0.2, 0) is 4.74 Å². The van der Waals surface area contributed by atoms with Crippen molar-refractivity contribution in [2.75, 3.05) is 26.4 Å². The number of hydrogen-bond acceptors (Lipinski definition) is 4. The Bertz CT molecular complexity index is 382. The van der Waals surface area contributed by atoms with Gasteiger partial charge in [0.25, 0.3) is 0 Å². The van der Waals surface area contributed by atoms with Crippen molar-refractivity contribution in [3.8, 4) is 17.6 Å². The summed E-state index contributed by atoms with van der Waals surface area (Å²) in [6.45, 7) is 4.30. The van der Waals surface area contributed by atoms with Gasteiger partial charge in [-0.2, -0.15) is 0 Å². The fraction of sp³-hybridized carbons (Fsp3) is 0.462. The van der Waals surface area contributed by atoms with E-state index in [1.165, 1.54) is 0 Å². The van der Waals surface area contributed by atoms with Crippen molar-refractivity contribution in [3.05, 3.63) is 24.0 Å². The van der Waals surface area contributed by atoms with Crippen LogP contribution in [0.2, 0.25) is 0 Å². The van der Waals surface area contributed by atoms with Crippen LogP contribution in [0.4, 0.5) is 0 Å². The van der Waals surface area contributed by atoms with Crippen molar-refractivity contribution < 1.29 is 9.47 Å². The van der Waals surface area contributed by atoms with Gasteiger partial charge in [-0.05, 0) is 12.5 Å². The lowest BCUT2D eigenvalue weighted by Crippen LogP contribution is -2.07. The molecule has 0 amide bonds. The summed E-state index contributed by atoms with van der Waals surface area (Å²) in [5.41, 5.74) is 6.11. The SMILES string of the molecule is CCCOCCOc1cncc(C#CCN)c1. The monoisotopic (exact) mass is 234 g/mol. The van der Waals surface area contributed by atoms with Crippen molar-refractivity contribution >= 4 is 0 Å². The van der Waals surface area contributed by atoms with E-state index in [1.807, 2.05) is 6.07 Å². The first-order valence-electron chi connectivity index (χ1n) is 5.71. The third-order valence-corrected chi connectivity index (χ3v) is 1.89. The Balaban J connectivity index is 2.38. The first-order valence-corrected chi connectivity index (χ1v) is 5.71. The number of pyridine rings is 1. The topological polar surface area (TPSA) is 57.4 Å². The molecule has 0 fully saturated rings. The van der Waals surface area contributed by atoms with Crippen LogP contribution in [0, 0.1) is 11.8 Å². The van der Waals surface area contributed by atoms with E-state index in [-0.39, 0.29) is 0 Å². The highest BCUT2D eigenvalue weighted by molar-refractivity contribution is 5.36. The Morgan fingerprint density at radius 3 is 2.94 bits per heavy atom. The van der Waals surface area contributed by atoms with Gasteiger partial charge in [0.2, 0.25) is 0 Å². The molecular weight excluding hydrogens is 216 g/mol. The molecule has 1 aromatic heterocycles. The Labute approximate surface area is 102 Å². The summed E-state index contributed by atoms with van der Waals surface area (Å²) in [5.74, 6) is 6.38. The zero-order chi connectivity index (χ0) is 12.3. The number of nitrogens with two attached hydrogens (primary N) is 1. The maximum Gasteiger partial charge on any atom is 0.138 e. The van der Waals surface area contributed by atoms with Gasteiger partial charge in [0.15, 0.2) is 0 Å². The van der Waals surface area contributed by atoms with Crippen LogP contribution >= 0.6 is 0 Å². The van der Waals surface area contributed by atoms with Crippen molar-refractivity contribution in [1.29, 1.82) is 0 Å². The second-order valence-corrected chi connectivity index (χ2v) is 3.38. The van der Waals surface area contributed by atoms with Gasteiger partial charge in [-0.15, -0.1) is 0 Å². The fourth-order valence-corrected chi connectivity index (χ4v) is 1.18. The lowest BCUT2D eigenvalue weighted by molar-refractivity contribution is 0.100. The molecule has 0 aliphatic rings. The molecule has 4 heteroatoms. The maximum absolute atomic E-state index is 5.49. The van der Waals surface area contributed by atoms with E-state index in [2.05, 4.69) is 23.7 Å². The van der Waals surface area contributed by atoms with Gasteiger partial charge in [0.1, 0.15) is 12.4 Å². The molecule has 0 spiro atoms. The van der Waals surface area contributed by atoms with Crippen molar-refractivity contribution in [2.45, 2.75) is 13.3 Å². The lowest BCUT2D eigenvalue weighted by Gasteiger charge is -2.06. The molecule has 0 unspecified atom stereocenters. The van der Waals surface area contributed by atoms with Crippen LogP contribution in [0.15, 0.2) is 18.5 Å². The van der Waals surface area contributed by atoms with Gasteiger partial charge in [0.05, 0.1) is 19.3 Å². The predicted octanol–water partition coefficient (Wildman–Crippen LogP) is 1.20. The van der Waals surface area contributed by atoms with E-state index in [9.17, 15) is 0 Å². The number of nitrogens with zero attached hydrogens (tertiary/aromatic N) is 1. The molecule has 0 aliphatic carbocycles. The number of ether oxygens (including phenoxy) is 2. The first-order chi connectivity index (χ1) is 8.36.